The molecule has 0 spiro atoms. The number of carbonyl (C=O) groups excluding carboxylic acids is 2. The molecule has 1 aliphatic heterocycles. The van der Waals surface area contributed by atoms with Crippen LogP contribution in [0.1, 0.15) is 32.6 Å². The largest absolute Gasteiger partial charge is 0.361 e. The van der Waals surface area contributed by atoms with Gasteiger partial charge < -0.3 is 15.2 Å². The van der Waals surface area contributed by atoms with Gasteiger partial charge in [0.15, 0.2) is 0 Å². The maximum absolute atomic E-state index is 13.7. The molecule has 4 aromatic carbocycles. The predicted octanol–water partition coefficient (Wildman–Crippen LogP) is 7.13. The van der Waals surface area contributed by atoms with E-state index in [0.717, 1.165) is 39.2 Å². The molecule has 0 bridgehead atoms. The van der Waals surface area contributed by atoms with E-state index in [1.54, 1.807) is 0 Å². The summed E-state index contributed by atoms with van der Waals surface area (Å²) in [7, 11) is 0. The molecular weight excluding hydrogens is 514 g/mol. The molecule has 2 N–H and O–H groups in total. The molecular formula is C34H29N3O2S. The van der Waals surface area contributed by atoms with Gasteiger partial charge in [-0.1, -0.05) is 78.5 Å². The summed E-state index contributed by atoms with van der Waals surface area (Å²) in [5.41, 5.74) is 6.97. The highest BCUT2D eigenvalue weighted by molar-refractivity contribution is 8.04. The molecule has 5 aromatic rings. The number of hydrogen-bond acceptors (Lipinski definition) is 3. The number of H-pyrrole nitrogens is 1. The molecule has 0 radical (unpaired) electrons. The van der Waals surface area contributed by atoms with Crippen molar-refractivity contribution in [2.24, 2.45) is 0 Å². The molecule has 0 aliphatic carbocycles. The molecule has 40 heavy (non-hydrogen) atoms. The highest BCUT2D eigenvalue weighted by Gasteiger charge is 2.29. The number of aromatic amines is 1. The zero-order valence-corrected chi connectivity index (χ0v) is 23.0. The average Bonchev–Trinajstić information content (AvgIpc) is 3.39. The third-order valence-electron chi connectivity index (χ3n) is 7.25. The average molecular weight is 544 g/mol. The molecule has 0 saturated carbocycles. The van der Waals surface area contributed by atoms with Crippen molar-refractivity contribution in [3.63, 3.8) is 0 Å². The maximum atomic E-state index is 13.7. The van der Waals surface area contributed by atoms with Gasteiger partial charge in [0, 0.05) is 34.1 Å². The van der Waals surface area contributed by atoms with Crippen LogP contribution in [-0.4, -0.2) is 23.3 Å². The summed E-state index contributed by atoms with van der Waals surface area (Å²) in [5, 5.41) is 4.21. The summed E-state index contributed by atoms with van der Waals surface area (Å²) in [4.78, 5) is 33.3. The molecule has 0 unspecified atom stereocenters. The lowest BCUT2D eigenvalue weighted by Gasteiger charge is -2.31. The van der Waals surface area contributed by atoms with E-state index in [2.05, 4.69) is 41.5 Å². The summed E-state index contributed by atoms with van der Waals surface area (Å²) in [6.45, 7) is 3.13. The Morgan fingerprint density at radius 2 is 1.65 bits per heavy atom. The van der Waals surface area contributed by atoms with Crippen LogP contribution in [-0.2, 0) is 17.8 Å². The SMILES string of the molecule is Cc1ccccc1CN1C(=O)C(=Cc2ccc(C(=O)NCCc3c[nH]c4ccccc34)cc2)Sc2ccccc21. The normalized spacial score (nSPS) is 14.0. The maximum Gasteiger partial charge on any atom is 0.265 e. The van der Waals surface area contributed by atoms with Crippen LogP contribution in [0.25, 0.3) is 17.0 Å². The highest BCUT2D eigenvalue weighted by Crippen LogP contribution is 2.42. The van der Waals surface area contributed by atoms with Gasteiger partial charge >= 0.3 is 0 Å². The molecule has 6 rings (SSSR count). The Balaban J connectivity index is 1.15. The summed E-state index contributed by atoms with van der Waals surface area (Å²) in [5.74, 6) is -0.133. The van der Waals surface area contributed by atoms with Gasteiger partial charge in [-0.15, -0.1) is 0 Å². The van der Waals surface area contributed by atoms with Crippen molar-refractivity contribution in [2.45, 2.75) is 24.8 Å². The van der Waals surface area contributed by atoms with E-state index in [1.165, 1.54) is 22.7 Å². The van der Waals surface area contributed by atoms with Crippen molar-refractivity contribution in [3.05, 3.63) is 136 Å². The second-order valence-corrected chi connectivity index (χ2v) is 11.0. The van der Waals surface area contributed by atoms with E-state index >= 15 is 0 Å². The first-order valence-corrected chi connectivity index (χ1v) is 14.2. The van der Waals surface area contributed by atoms with Crippen LogP contribution in [0.15, 0.2) is 113 Å². The van der Waals surface area contributed by atoms with Gasteiger partial charge in [-0.05, 0) is 72.0 Å². The van der Waals surface area contributed by atoms with Crippen molar-refractivity contribution >= 4 is 46.2 Å². The molecule has 0 atom stereocenters. The lowest BCUT2D eigenvalue weighted by Crippen LogP contribution is -2.33. The Kier molecular flexibility index (Phi) is 7.25. The number of thioether (sulfide) groups is 1. The molecule has 198 valence electrons. The number of hydrogen-bond donors (Lipinski definition) is 2. The molecule has 1 aliphatic rings. The van der Waals surface area contributed by atoms with Gasteiger partial charge in [0.2, 0.25) is 0 Å². The van der Waals surface area contributed by atoms with E-state index < -0.39 is 0 Å². The van der Waals surface area contributed by atoms with Crippen LogP contribution in [0, 0.1) is 6.92 Å². The van der Waals surface area contributed by atoms with Crippen LogP contribution in [0.3, 0.4) is 0 Å². The molecule has 0 saturated heterocycles. The smallest absolute Gasteiger partial charge is 0.265 e. The summed E-state index contributed by atoms with van der Waals surface area (Å²) < 4.78 is 0. The van der Waals surface area contributed by atoms with E-state index in [4.69, 9.17) is 0 Å². The van der Waals surface area contributed by atoms with E-state index in [0.29, 0.717) is 23.6 Å². The fourth-order valence-electron chi connectivity index (χ4n) is 5.01. The molecule has 1 aromatic heterocycles. The van der Waals surface area contributed by atoms with Crippen LogP contribution in [0.5, 0.6) is 0 Å². The Bertz CT molecular complexity index is 1740. The summed E-state index contributed by atoms with van der Waals surface area (Å²) >= 11 is 1.49. The van der Waals surface area contributed by atoms with E-state index in [9.17, 15) is 9.59 Å². The quantitative estimate of drug-likeness (QED) is 0.215. The summed E-state index contributed by atoms with van der Waals surface area (Å²) in [6.07, 6.45) is 4.66. The van der Waals surface area contributed by atoms with E-state index in [1.807, 2.05) is 90.0 Å². The first-order valence-electron chi connectivity index (χ1n) is 13.3. The number of carbonyl (C=O) groups is 2. The van der Waals surface area contributed by atoms with Gasteiger partial charge in [-0.2, -0.15) is 0 Å². The van der Waals surface area contributed by atoms with Crippen LogP contribution >= 0.6 is 11.8 Å². The minimum absolute atomic E-state index is 0.0222. The molecule has 2 amide bonds. The molecule has 6 heteroatoms. The second-order valence-electron chi connectivity index (χ2n) is 9.88. The van der Waals surface area contributed by atoms with Crippen LogP contribution < -0.4 is 10.2 Å². The number of anilines is 1. The van der Waals surface area contributed by atoms with Crippen molar-refractivity contribution in [1.82, 2.24) is 10.3 Å². The minimum atomic E-state index is -0.111. The highest BCUT2D eigenvalue weighted by atomic mass is 32.2. The van der Waals surface area contributed by atoms with Gasteiger partial charge in [0.25, 0.3) is 11.8 Å². The number of aromatic nitrogens is 1. The standard InChI is InChI=1S/C34H29N3O2S/c1-23-8-2-3-9-27(23)22-37-30-12-6-7-13-31(30)40-32(34(37)39)20-24-14-16-25(17-15-24)33(38)35-19-18-26-21-36-29-11-5-4-10-28(26)29/h2-17,20-21,36H,18-19,22H2,1H3,(H,35,38). The fourth-order valence-corrected chi connectivity index (χ4v) is 6.07. The minimum Gasteiger partial charge on any atom is -0.361 e. The predicted molar refractivity (Wildman–Crippen MR) is 163 cm³/mol. The second kappa shape index (κ2) is 11.3. The van der Waals surface area contributed by atoms with Crippen LogP contribution in [0.4, 0.5) is 5.69 Å². The third-order valence-corrected chi connectivity index (χ3v) is 8.32. The number of aryl methyl sites for hydroxylation is 1. The van der Waals surface area contributed by atoms with Crippen molar-refractivity contribution in [3.8, 4) is 0 Å². The monoisotopic (exact) mass is 543 g/mol. The zero-order chi connectivity index (χ0) is 27.5. The first kappa shape index (κ1) is 25.7. The number of nitrogens with zero attached hydrogens (tertiary/aromatic N) is 1. The summed E-state index contributed by atoms with van der Waals surface area (Å²) in [6, 6.07) is 31.7. The third kappa shape index (κ3) is 5.31. The number of benzene rings is 4. The van der Waals surface area contributed by atoms with Crippen molar-refractivity contribution in [2.75, 3.05) is 11.4 Å². The number of para-hydroxylation sites is 2. The van der Waals surface area contributed by atoms with Crippen LogP contribution in [0.2, 0.25) is 0 Å². The van der Waals surface area contributed by atoms with Gasteiger partial charge in [-0.25, -0.2) is 0 Å². The van der Waals surface area contributed by atoms with E-state index in [-0.39, 0.29) is 11.8 Å². The topological polar surface area (TPSA) is 65.2 Å². The molecule has 0 fully saturated rings. The first-order chi connectivity index (χ1) is 19.6. The fraction of sp³-hybridized carbons (Fsp3) is 0.118. The van der Waals surface area contributed by atoms with Gasteiger partial charge in [0.1, 0.15) is 0 Å². The number of nitrogens with one attached hydrogen (secondary N) is 2. The Morgan fingerprint density at radius 3 is 2.50 bits per heavy atom. The Hall–Kier alpha value is -4.55. The number of amides is 2. The lowest BCUT2D eigenvalue weighted by atomic mass is 10.1. The zero-order valence-electron chi connectivity index (χ0n) is 22.2. The molecule has 2 heterocycles. The number of fused-ring (bicyclic) bond motifs is 2. The van der Waals surface area contributed by atoms with Gasteiger partial charge in [-0.3, -0.25) is 9.59 Å². The Morgan fingerprint density at radius 1 is 0.900 bits per heavy atom. The molecule has 5 nitrogen and oxygen atoms in total. The van der Waals surface area contributed by atoms with Crippen molar-refractivity contribution in [1.29, 1.82) is 0 Å². The van der Waals surface area contributed by atoms with Crippen molar-refractivity contribution < 1.29 is 9.59 Å². The lowest BCUT2D eigenvalue weighted by molar-refractivity contribution is -0.114. The Labute approximate surface area is 237 Å². The van der Waals surface area contributed by atoms with Gasteiger partial charge in [0.05, 0.1) is 17.1 Å². The number of rotatable bonds is 7.